The number of thiophene rings is 1. The summed E-state index contributed by atoms with van der Waals surface area (Å²) in [5, 5.41) is 4.04. The Kier molecular flexibility index (Phi) is 5.74. The van der Waals surface area contributed by atoms with Gasteiger partial charge in [0.05, 0.1) is 12.1 Å². The predicted molar refractivity (Wildman–Crippen MR) is 118 cm³/mol. The summed E-state index contributed by atoms with van der Waals surface area (Å²) in [4.78, 5) is 37.9. The number of nitrogens with one attached hydrogen (secondary N) is 1. The maximum absolute atomic E-state index is 12.8. The van der Waals surface area contributed by atoms with Crippen molar-refractivity contribution in [3.8, 4) is 0 Å². The molecule has 1 atom stereocenters. The summed E-state index contributed by atoms with van der Waals surface area (Å²) >= 11 is 1.62. The van der Waals surface area contributed by atoms with E-state index in [0.717, 1.165) is 55.1 Å². The number of H-pyrrole nitrogens is 1. The van der Waals surface area contributed by atoms with Crippen LogP contribution < -0.4 is 5.56 Å². The van der Waals surface area contributed by atoms with Gasteiger partial charge in [0.25, 0.3) is 5.56 Å². The van der Waals surface area contributed by atoms with Crippen LogP contribution in [0.15, 0.2) is 21.6 Å². The first-order valence-electron chi connectivity index (χ1n) is 11.3. The van der Waals surface area contributed by atoms with Gasteiger partial charge in [-0.05, 0) is 48.1 Å². The maximum Gasteiger partial charge on any atom is 0.254 e. The van der Waals surface area contributed by atoms with Gasteiger partial charge >= 0.3 is 0 Å². The molecule has 0 radical (unpaired) electrons. The lowest BCUT2D eigenvalue weighted by molar-refractivity contribution is -0.129. The predicted octanol–water partition coefficient (Wildman–Crippen LogP) is 3.08. The van der Waals surface area contributed by atoms with Crippen LogP contribution in [-0.4, -0.2) is 51.4 Å². The van der Waals surface area contributed by atoms with Gasteiger partial charge in [-0.15, -0.1) is 0 Å². The number of aromatic amines is 1. The number of nitrogens with zero attached hydrogens (tertiary/aromatic N) is 3. The summed E-state index contributed by atoms with van der Waals surface area (Å²) in [7, 11) is 0. The van der Waals surface area contributed by atoms with Gasteiger partial charge in [0.2, 0.25) is 5.91 Å². The van der Waals surface area contributed by atoms with Crippen molar-refractivity contribution >= 4 is 17.2 Å². The first kappa shape index (κ1) is 19.9. The number of carbonyl (C=O) groups excluding carboxylic acids is 1. The van der Waals surface area contributed by atoms with Gasteiger partial charge in [0.15, 0.2) is 0 Å². The Bertz CT molecular complexity index is 949. The van der Waals surface area contributed by atoms with Crippen molar-refractivity contribution in [2.24, 2.45) is 0 Å². The second-order valence-electron chi connectivity index (χ2n) is 9.02. The molecule has 1 N–H and O–H groups in total. The average molecular weight is 427 g/mol. The Morgan fingerprint density at radius 2 is 2.07 bits per heavy atom. The normalized spacial score (nSPS) is 22.9. The van der Waals surface area contributed by atoms with E-state index in [9.17, 15) is 9.59 Å². The molecule has 5 rings (SSSR count). The molecule has 0 aromatic carbocycles. The molecular formula is C23H30N4O2S. The second kappa shape index (κ2) is 8.63. The molecule has 2 fully saturated rings. The van der Waals surface area contributed by atoms with Crippen molar-refractivity contribution in [1.29, 1.82) is 0 Å². The third-order valence-electron chi connectivity index (χ3n) is 7.08. The van der Waals surface area contributed by atoms with E-state index in [0.29, 0.717) is 19.0 Å². The smallest absolute Gasteiger partial charge is 0.254 e. The van der Waals surface area contributed by atoms with Crippen molar-refractivity contribution in [1.82, 2.24) is 19.8 Å². The molecule has 30 heavy (non-hydrogen) atoms. The molecule has 1 amide bonds. The van der Waals surface area contributed by atoms with Crippen molar-refractivity contribution < 1.29 is 4.79 Å². The Morgan fingerprint density at radius 1 is 1.20 bits per heavy atom. The largest absolute Gasteiger partial charge is 0.342 e. The van der Waals surface area contributed by atoms with E-state index in [1.807, 2.05) is 21.7 Å². The number of aromatic nitrogens is 2. The van der Waals surface area contributed by atoms with E-state index in [4.69, 9.17) is 4.98 Å². The molecule has 1 aliphatic carbocycles. The minimum Gasteiger partial charge on any atom is -0.342 e. The van der Waals surface area contributed by atoms with Crippen LogP contribution in [0.2, 0.25) is 0 Å². The summed E-state index contributed by atoms with van der Waals surface area (Å²) in [5.74, 6) is 1.06. The molecule has 4 heterocycles. The third-order valence-corrected chi connectivity index (χ3v) is 7.81. The molecule has 0 spiro atoms. The summed E-state index contributed by atoms with van der Waals surface area (Å²) in [5.41, 5.74) is 2.95. The van der Waals surface area contributed by atoms with Gasteiger partial charge in [-0.25, -0.2) is 4.98 Å². The monoisotopic (exact) mass is 426 g/mol. The number of rotatable bonds is 4. The minimum absolute atomic E-state index is 0.0290. The van der Waals surface area contributed by atoms with Gasteiger partial charge in [-0.3, -0.25) is 14.5 Å². The van der Waals surface area contributed by atoms with Gasteiger partial charge in [-0.2, -0.15) is 11.3 Å². The summed E-state index contributed by atoms with van der Waals surface area (Å²) in [6.07, 6.45) is 8.66. The van der Waals surface area contributed by atoms with E-state index in [1.54, 1.807) is 11.3 Å². The van der Waals surface area contributed by atoms with E-state index in [1.165, 1.54) is 32.1 Å². The van der Waals surface area contributed by atoms with Crippen LogP contribution in [-0.2, 0) is 24.2 Å². The lowest BCUT2D eigenvalue weighted by atomic mass is 9.92. The average Bonchev–Trinajstić information content (AvgIpc) is 3.46. The SMILES string of the molecule is O=C(Cc1ccsc1)N1CCC(c2nc3c(c(=O)[nH]2)CCN(C2CCCCC2)C3)C1. The molecule has 1 saturated heterocycles. The van der Waals surface area contributed by atoms with Crippen LogP contribution in [0.4, 0.5) is 0 Å². The van der Waals surface area contributed by atoms with Crippen LogP contribution >= 0.6 is 11.3 Å². The van der Waals surface area contributed by atoms with Crippen molar-refractivity contribution in [2.75, 3.05) is 19.6 Å². The van der Waals surface area contributed by atoms with Crippen molar-refractivity contribution in [3.05, 3.63) is 49.8 Å². The number of fused-ring (bicyclic) bond motifs is 1. The Hall–Kier alpha value is -1.99. The first-order chi connectivity index (χ1) is 14.7. The molecule has 2 aromatic rings. The fourth-order valence-electron chi connectivity index (χ4n) is 5.32. The lowest BCUT2D eigenvalue weighted by Crippen LogP contribution is -2.42. The van der Waals surface area contributed by atoms with E-state index in [2.05, 4.69) is 9.88 Å². The number of carbonyl (C=O) groups is 1. The number of hydrogen-bond donors (Lipinski definition) is 1. The van der Waals surface area contributed by atoms with Crippen LogP contribution in [0.25, 0.3) is 0 Å². The van der Waals surface area contributed by atoms with Crippen LogP contribution in [0, 0.1) is 0 Å². The van der Waals surface area contributed by atoms with E-state index >= 15 is 0 Å². The summed E-state index contributed by atoms with van der Waals surface area (Å²) in [6.45, 7) is 3.15. The molecule has 0 bridgehead atoms. The van der Waals surface area contributed by atoms with Gasteiger partial charge in [0, 0.05) is 43.7 Å². The minimum atomic E-state index is 0.0290. The molecule has 6 nitrogen and oxygen atoms in total. The first-order valence-corrected chi connectivity index (χ1v) is 12.3. The van der Waals surface area contributed by atoms with Crippen molar-refractivity contribution in [2.45, 2.75) is 69.9 Å². The molecule has 1 saturated carbocycles. The maximum atomic E-state index is 12.8. The summed E-state index contributed by atoms with van der Waals surface area (Å²) < 4.78 is 0. The van der Waals surface area contributed by atoms with Gasteiger partial charge in [-0.1, -0.05) is 19.3 Å². The zero-order chi connectivity index (χ0) is 20.5. The van der Waals surface area contributed by atoms with Gasteiger partial charge < -0.3 is 9.88 Å². The highest BCUT2D eigenvalue weighted by Gasteiger charge is 2.32. The quantitative estimate of drug-likeness (QED) is 0.816. The number of likely N-dealkylation sites (tertiary alicyclic amines) is 1. The molecule has 1 unspecified atom stereocenters. The Labute approximate surface area is 181 Å². The topological polar surface area (TPSA) is 69.3 Å². The molecule has 160 valence electrons. The molecular weight excluding hydrogens is 396 g/mol. The fraction of sp³-hybridized carbons (Fsp3) is 0.609. The molecule has 3 aliphatic rings. The third kappa shape index (κ3) is 4.10. The number of hydrogen-bond acceptors (Lipinski definition) is 5. The summed E-state index contributed by atoms with van der Waals surface area (Å²) in [6, 6.07) is 2.66. The van der Waals surface area contributed by atoms with E-state index in [-0.39, 0.29) is 17.4 Å². The van der Waals surface area contributed by atoms with Crippen LogP contribution in [0.1, 0.15) is 67.1 Å². The highest BCUT2D eigenvalue weighted by molar-refractivity contribution is 7.08. The van der Waals surface area contributed by atoms with Crippen LogP contribution in [0.5, 0.6) is 0 Å². The highest BCUT2D eigenvalue weighted by Crippen LogP contribution is 2.29. The molecule has 2 aromatic heterocycles. The molecule has 2 aliphatic heterocycles. The number of amides is 1. The second-order valence-corrected chi connectivity index (χ2v) is 9.80. The Morgan fingerprint density at radius 3 is 2.87 bits per heavy atom. The van der Waals surface area contributed by atoms with E-state index < -0.39 is 0 Å². The van der Waals surface area contributed by atoms with Crippen LogP contribution in [0.3, 0.4) is 0 Å². The molecule has 7 heteroatoms. The van der Waals surface area contributed by atoms with Crippen molar-refractivity contribution in [3.63, 3.8) is 0 Å². The zero-order valence-corrected chi connectivity index (χ0v) is 18.3. The zero-order valence-electron chi connectivity index (χ0n) is 17.4. The fourth-order valence-corrected chi connectivity index (χ4v) is 5.99. The standard InChI is InChI=1S/C23H30N4O2S/c28-21(12-16-8-11-30-15-16)27-9-6-17(13-27)22-24-20-14-26(18-4-2-1-3-5-18)10-7-19(20)23(29)25-22/h8,11,15,17-18H,1-7,9-10,12-14H2,(H,24,25,29). The lowest BCUT2D eigenvalue weighted by Gasteiger charge is -2.37. The highest BCUT2D eigenvalue weighted by atomic mass is 32.1. The Balaban J connectivity index is 1.28. The van der Waals surface area contributed by atoms with Gasteiger partial charge in [0.1, 0.15) is 5.82 Å².